The lowest BCUT2D eigenvalue weighted by molar-refractivity contribution is 0.120. The van der Waals surface area contributed by atoms with Crippen molar-refractivity contribution in [1.82, 2.24) is 4.90 Å². The summed E-state index contributed by atoms with van der Waals surface area (Å²) in [6, 6.07) is 1.31. The molecule has 0 aliphatic carbocycles. The lowest BCUT2D eigenvalue weighted by atomic mass is 9.94. The molecule has 0 aliphatic rings. The van der Waals surface area contributed by atoms with Crippen molar-refractivity contribution < 1.29 is 0 Å². The molecule has 0 aromatic heterocycles. The summed E-state index contributed by atoms with van der Waals surface area (Å²) in [5.74, 6) is 0. The number of nitrogens with zero attached hydrogens (tertiary/aromatic N) is 1. The predicted molar refractivity (Wildman–Crippen MR) is 67.8 cm³/mol. The van der Waals surface area contributed by atoms with Gasteiger partial charge in [-0.05, 0) is 33.1 Å². The van der Waals surface area contributed by atoms with Gasteiger partial charge in [-0.2, -0.15) is 0 Å². The van der Waals surface area contributed by atoms with Gasteiger partial charge in [0.15, 0.2) is 0 Å². The molecular weight excluding hydrogens is 170 g/mol. The second-order valence-electron chi connectivity index (χ2n) is 5.42. The Morgan fingerprint density at radius 3 is 1.21 bits per heavy atom. The van der Waals surface area contributed by atoms with Gasteiger partial charge < -0.3 is 0 Å². The third-order valence-electron chi connectivity index (χ3n) is 1.98. The Labute approximate surface area is 91.9 Å². The maximum atomic E-state index is 2.54. The fourth-order valence-corrected chi connectivity index (χ4v) is 1.51. The summed E-state index contributed by atoms with van der Waals surface area (Å²) < 4.78 is 0. The number of rotatable bonds is 3. The maximum absolute atomic E-state index is 2.54. The molecule has 0 atom stereocenters. The lowest BCUT2D eigenvalue weighted by Crippen LogP contribution is -2.42. The first kappa shape index (κ1) is 16.4. The maximum Gasteiger partial charge on any atom is 0.00415 e. The van der Waals surface area contributed by atoms with E-state index in [9.17, 15) is 0 Å². The van der Waals surface area contributed by atoms with Crippen molar-refractivity contribution >= 4 is 0 Å². The van der Waals surface area contributed by atoms with Gasteiger partial charge >= 0.3 is 0 Å². The standard InChI is InChI=1S/C11H25N.C2H6/c1-9(2)12(10(3)4)8-11(5,6)7;1-2/h9-10H,8H2,1-7H3;1-2H3. The van der Waals surface area contributed by atoms with E-state index in [-0.39, 0.29) is 0 Å². The van der Waals surface area contributed by atoms with Gasteiger partial charge in [-0.25, -0.2) is 0 Å². The van der Waals surface area contributed by atoms with Crippen LogP contribution in [0.2, 0.25) is 0 Å². The molecule has 0 radical (unpaired) electrons. The van der Waals surface area contributed by atoms with E-state index in [1.54, 1.807) is 0 Å². The van der Waals surface area contributed by atoms with Gasteiger partial charge in [-0.3, -0.25) is 4.90 Å². The molecule has 1 heteroatoms. The fourth-order valence-electron chi connectivity index (χ4n) is 1.51. The van der Waals surface area contributed by atoms with E-state index in [2.05, 4.69) is 53.4 Å². The minimum atomic E-state index is 0.411. The molecule has 0 saturated carbocycles. The van der Waals surface area contributed by atoms with Crippen molar-refractivity contribution in [3.05, 3.63) is 0 Å². The Hall–Kier alpha value is -0.0400. The van der Waals surface area contributed by atoms with Crippen molar-refractivity contribution in [3.8, 4) is 0 Å². The molecule has 0 spiro atoms. The molecule has 0 rings (SSSR count). The zero-order chi connectivity index (χ0) is 11.9. The van der Waals surface area contributed by atoms with E-state index in [1.807, 2.05) is 13.8 Å². The summed E-state index contributed by atoms with van der Waals surface area (Å²) in [6.45, 7) is 21.2. The molecule has 0 N–H and O–H groups in total. The molecule has 0 saturated heterocycles. The van der Waals surface area contributed by atoms with Gasteiger partial charge in [0.25, 0.3) is 0 Å². The van der Waals surface area contributed by atoms with Crippen LogP contribution in [0.5, 0.6) is 0 Å². The topological polar surface area (TPSA) is 3.24 Å². The van der Waals surface area contributed by atoms with Crippen LogP contribution in [0.3, 0.4) is 0 Å². The Bertz CT molecular complexity index is 112. The van der Waals surface area contributed by atoms with Gasteiger partial charge in [0.1, 0.15) is 0 Å². The second-order valence-corrected chi connectivity index (χ2v) is 5.42. The molecule has 1 nitrogen and oxygen atoms in total. The molecule has 14 heavy (non-hydrogen) atoms. The Kier molecular flexibility index (Phi) is 8.52. The van der Waals surface area contributed by atoms with Crippen LogP contribution in [0.4, 0.5) is 0 Å². The van der Waals surface area contributed by atoms with Crippen molar-refractivity contribution in [2.75, 3.05) is 6.54 Å². The first-order valence-corrected chi connectivity index (χ1v) is 6.00. The third-order valence-corrected chi connectivity index (χ3v) is 1.98. The third kappa shape index (κ3) is 8.55. The van der Waals surface area contributed by atoms with Gasteiger partial charge in [0.05, 0.1) is 0 Å². The summed E-state index contributed by atoms with van der Waals surface area (Å²) in [7, 11) is 0. The Morgan fingerprint density at radius 1 is 0.857 bits per heavy atom. The van der Waals surface area contributed by atoms with E-state index in [0.29, 0.717) is 17.5 Å². The van der Waals surface area contributed by atoms with Crippen LogP contribution in [-0.2, 0) is 0 Å². The molecule has 0 amide bonds. The summed E-state index contributed by atoms with van der Waals surface area (Å²) in [6.07, 6.45) is 0. The van der Waals surface area contributed by atoms with E-state index in [4.69, 9.17) is 0 Å². The number of hydrogen-bond acceptors (Lipinski definition) is 1. The van der Waals surface area contributed by atoms with Crippen LogP contribution in [0.1, 0.15) is 62.3 Å². The minimum absolute atomic E-state index is 0.411. The van der Waals surface area contributed by atoms with Crippen LogP contribution in [-0.4, -0.2) is 23.5 Å². The average molecular weight is 201 g/mol. The molecule has 0 fully saturated rings. The molecule has 88 valence electrons. The van der Waals surface area contributed by atoms with Gasteiger partial charge in [-0.1, -0.05) is 34.6 Å². The van der Waals surface area contributed by atoms with E-state index >= 15 is 0 Å². The zero-order valence-electron chi connectivity index (χ0n) is 11.8. The fraction of sp³-hybridized carbons (Fsp3) is 1.00. The summed E-state index contributed by atoms with van der Waals surface area (Å²) in [5.41, 5.74) is 0.411. The normalized spacial score (nSPS) is 12.0. The smallest absolute Gasteiger partial charge is 0.00415 e. The van der Waals surface area contributed by atoms with E-state index < -0.39 is 0 Å². The highest BCUT2D eigenvalue weighted by atomic mass is 15.2. The Morgan fingerprint density at radius 2 is 1.14 bits per heavy atom. The van der Waals surface area contributed by atoms with Crippen LogP contribution in [0, 0.1) is 5.41 Å². The van der Waals surface area contributed by atoms with Gasteiger partial charge in [-0.15, -0.1) is 0 Å². The molecule has 0 aromatic carbocycles. The number of hydrogen-bond donors (Lipinski definition) is 0. The zero-order valence-corrected chi connectivity index (χ0v) is 11.8. The van der Waals surface area contributed by atoms with Crippen molar-refractivity contribution in [2.24, 2.45) is 5.41 Å². The van der Waals surface area contributed by atoms with Crippen LogP contribution in [0.25, 0.3) is 0 Å². The van der Waals surface area contributed by atoms with Crippen molar-refractivity contribution in [1.29, 1.82) is 0 Å². The minimum Gasteiger partial charge on any atom is -0.298 e. The summed E-state index contributed by atoms with van der Waals surface area (Å²) in [4.78, 5) is 2.54. The highest BCUT2D eigenvalue weighted by Gasteiger charge is 2.20. The lowest BCUT2D eigenvalue weighted by Gasteiger charge is -2.36. The monoisotopic (exact) mass is 201 g/mol. The van der Waals surface area contributed by atoms with Crippen LogP contribution in [0.15, 0.2) is 0 Å². The Balaban J connectivity index is 0. The molecule has 0 heterocycles. The molecule has 0 aliphatic heterocycles. The first-order chi connectivity index (χ1) is 6.24. The molecule has 0 aromatic rings. The quantitative estimate of drug-likeness (QED) is 0.662. The average Bonchev–Trinajstić information content (AvgIpc) is 2.01. The first-order valence-electron chi connectivity index (χ1n) is 6.00. The van der Waals surface area contributed by atoms with Gasteiger partial charge in [0, 0.05) is 18.6 Å². The molecule has 0 unspecified atom stereocenters. The summed E-state index contributed by atoms with van der Waals surface area (Å²) in [5, 5.41) is 0. The predicted octanol–water partition coefficient (Wildman–Crippen LogP) is 4.18. The second kappa shape index (κ2) is 7.28. The molecular formula is C13H31N. The summed E-state index contributed by atoms with van der Waals surface area (Å²) >= 11 is 0. The molecule has 0 bridgehead atoms. The SMILES string of the molecule is CC.CC(C)N(CC(C)(C)C)C(C)C. The highest BCUT2D eigenvalue weighted by Crippen LogP contribution is 2.18. The van der Waals surface area contributed by atoms with Gasteiger partial charge in [0.2, 0.25) is 0 Å². The van der Waals surface area contributed by atoms with Crippen molar-refractivity contribution in [2.45, 2.75) is 74.4 Å². The highest BCUT2D eigenvalue weighted by molar-refractivity contribution is 4.74. The van der Waals surface area contributed by atoms with E-state index in [1.165, 1.54) is 6.54 Å². The van der Waals surface area contributed by atoms with Crippen LogP contribution < -0.4 is 0 Å². The largest absolute Gasteiger partial charge is 0.298 e. The van der Waals surface area contributed by atoms with E-state index in [0.717, 1.165) is 0 Å². The van der Waals surface area contributed by atoms with Crippen LogP contribution >= 0.6 is 0 Å². The van der Waals surface area contributed by atoms with Crippen molar-refractivity contribution in [3.63, 3.8) is 0 Å².